The smallest absolute Gasteiger partial charge is 0.314 e. The zero-order chi connectivity index (χ0) is 20.8. The quantitative estimate of drug-likeness (QED) is 0.599. The number of carbonyl (C=O) groups excluding carboxylic acids is 1. The van der Waals surface area contributed by atoms with Gasteiger partial charge in [0, 0.05) is 12.0 Å². The first kappa shape index (κ1) is 18.3. The lowest BCUT2D eigenvalue weighted by molar-refractivity contribution is -0.0949. The molecule has 6 heteroatoms. The minimum Gasteiger partial charge on any atom is -0.444 e. The van der Waals surface area contributed by atoms with Gasteiger partial charge in [-0.3, -0.25) is 10.1 Å². The Morgan fingerprint density at radius 1 is 1.00 bits per heavy atom. The Kier molecular flexibility index (Phi) is 4.14. The van der Waals surface area contributed by atoms with Gasteiger partial charge >= 0.3 is 5.85 Å². The largest absolute Gasteiger partial charge is 0.444 e. The Morgan fingerprint density at radius 3 is 2.52 bits per heavy atom. The third kappa shape index (κ3) is 2.94. The van der Waals surface area contributed by atoms with Crippen LogP contribution in [0, 0.1) is 0 Å². The van der Waals surface area contributed by atoms with Crippen molar-refractivity contribution >= 4 is 28.8 Å². The highest BCUT2D eigenvalue weighted by molar-refractivity contribution is 8.17. The summed E-state index contributed by atoms with van der Waals surface area (Å²) in [6.07, 6.45) is 2.74. The maximum absolute atomic E-state index is 12.6. The number of hydrogen-bond donors (Lipinski definition) is 1. The first-order valence-electron chi connectivity index (χ1n) is 10.2. The van der Waals surface area contributed by atoms with E-state index in [9.17, 15) is 4.79 Å². The Morgan fingerprint density at radius 2 is 1.71 bits per heavy atom. The first-order valence-corrected chi connectivity index (χ1v) is 11.0. The fraction of sp³-hybridized carbons (Fsp3) is 0.120. The second-order valence-electron chi connectivity index (χ2n) is 7.69. The van der Waals surface area contributed by atoms with E-state index in [0.29, 0.717) is 0 Å². The average molecular weight is 426 g/mol. The van der Waals surface area contributed by atoms with E-state index in [2.05, 4.69) is 23.5 Å². The summed E-state index contributed by atoms with van der Waals surface area (Å²) < 4.78 is 6.53. The van der Waals surface area contributed by atoms with Crippen LogP contribution >= 0.6 is 11.8 Å². The minimum absolute atomic E-state index is 0.0293. The lowest BCUT2D eigenvalue weighted by Gasteiger charge is -2.45. The molecule has 1 spiro atoms. The normalized spacial score (nSPS) is 25.1. The molecular weight excluding hydrogens is 406 g/mol. The molecule has 0 aromatic heterocycles. The summed E-state index contributed by atoms with van der Waals surface area (Å²) in [6, 6.07) is 28.1. The predicted octanol–water partition coefficient (Wildman–Crippen LogP) is 5.38. The summed E-state index contributed by atoms with van der Waals surface area (Å²) in [5.74, 6) is -0.386. The monoisotopic (exact) mass is 425 g/mol. The number of nitrogens with zero attached hydrogens (tertiary/aromatic N) is 2. The van der Waals surface area contributed by atoms with Gasteiger partial charge in [-0.2, -0.15) is 5.10 Å². The van der Waals surface area contributed by atoms with Crippen LogP contribution in [-0.2, 0) is 0 Å². The second kappa shape index (κ2) is 7.03. The maximum Gasteiger partial charge on any atom is 0.314 e. The van der Waals surface area contributed by atoms with Gasteiger partial charge in [-0.15, -0.1) is 0 Å². The van der Waals surface area contributed by atoms with Gasteiger partial charge in [0.25, 0.3) is 5.24 Å². The summed E-state index contributed by atoms with van der Waals surface area (Å²) in [4.78, 5) is 13.4. The van der Waals surface area contributed by atoms with Crippen LogP contribution in [0.4, 0.5) is 4.79 Å². The van der Waals surface area contributed by atoms with Crippen LogP contribution in [0.15, 0.2) is 94.9 Å². The fourth-order valence-corrected chi connectivity index (χ4v) is 5.28. The lowest BCUT2D eigenvalue weighted by atomic mass is 9.95. The minimum atomic E-state index is -1.16. The van der Waals surface area contributed by atoms with Gasteiger partial charge in [0.1, 0.15) is 5.75 Å². The molecule has 1 saturated heterocycles. The summed E-state index contributed by atoms with van der Waals surface area (Å²) in [5, 5.41) is 9.86. The van der Waals surface area contributed by atoms with Crippen molar-refractivity contribution in [1.29, 1.82) is 0 Å². The second-order valence-corrected chi connectivity index (χ2v) is 8.71. The molecule has 2 atom stereocenters. The molecule has 0 saturated carbocycles. The van der Waals surface area contributed by atoms with Crippen molar-refractivity contribution < 1.29 is 9.53 Å². The summed E-state index contributed by atoms with van der Waals surface area (Å²) in [7, 11) is 0. The molecule has 3 aliphatic rings. The number of thioether (sulfide) groups is 1. The molecule has 6 rings (SSSR count). The third-order valence-electron chi connectivity index (χ3n) is 5.78. The van der Waals surface area contributed by atoms with Gasteiger partial charge in [-0.25, -0.2) is 5.01 Å². The predicted molar refractivity (Wildman–Crippen MR) is 123 cm³/mol. The van der Waals surface area contributed by atoms with E-state index >= 15 is 0 Å². The molecule has 0 aliphatic carbocycles. The average Bonchev–Trinajstić information content (AvgIpc) is 3.38. The van der Waals surface area contributed by atoms with Crippen molar-refractivity contribution in [3.05, 3.63) is 107 Å². The molecule has 1 amide bonds. The molecule has 3 aliphatic heterocycles. The van der Waals surface area contributed by atoms with Gasteiger partial charge in [-0.1, -0.05) is 78.9 Å². The molecule has 0 radical (unpaired) electrons. The Balaban J connectivity index is 1.52. The number of fused-ring (bicyclic) bond motifs is 4. The van der Waals surface area contributed by atoms with Crippen LogP contribution in [0.1, 0.15) is 29.2 Å². The van der Waals surface area contributed by atoms with E-state index in [1.807, 2.05) is 77.8 Å². The van der Waals surface area contributed by atoms with Crippen molar-refractivity contribution in [2.45, 2.75) is 18.3 Å². The van der Waals surface area contributed by atoms with Gasteiger partial charge in [0.15, 0.2) is 0 Å². The number of para-hydroxylation sites is 1. The molecule has 3 aromatic rings. The lowest BCUT2D eigenvalue weighted by Crippen LogP contribution is -2.61. The van der Waals surface area contributed by atoms with E-state index in [1.54, 1.807) is 0 Å². The van der Waals surface area contributed by atoms with Crippen molar-refractivity contribution in [1.82, 2.24) is 10.3 Å². The highest BCUT2D eigenvalue weighted by atomic mass is 32.2. The first-order chi connectivity index (χ1) is 15.2. The molecular formula is C25H19N3O2S. The third-order valence-corrected chi connectivity index (χ3v) is 6.68. The number of hydrogen-bond acceptors (Lipinski definition) is 5. The Hall–Kier alpha value is -3.51. The Bertz CT molecular complexity index is 1230. The molecule has 3 aromatic carbocycles. The van der Waals surface area contributed by atoms with Crippen molar-refractivity contribution in [3.8, 4) is 5.75 Å². The highest BCUT2D eigenvalue weighted by Crippen LogP contribution is 2.52. The number of rotatable bonds is 2. The summed E-state index contributed by atoms with van der Waals surface area (Å²) in [5.41, 5.74) is 4.14. The van der Waals surface area contributed by atoms with Gasteiger partial charge in [0.2, 0.25) is 0 Å². The number of ether oxygens (including phenoxy) is 1. The van der Waals surface area contributed by atoms with Crippen LogP contribution in [0.25, 0.3) is 6.08 Å². The topological polar surface area (TPSA) is 53.9 Å². The Labute approximate surface area is 184 Å². The molecule has 0 bridgehead atoms. The molecule has 152 valence electrons. The van der Waals surface area contributed by atoms with Crippen molar-refractivity contribution in [2.75, 3.05) is 0 Å². The zero-order valence-corrected chi connectivity index (χ0v) is 17.4. The van der Waals surface area contributed by atoms with Crippen LogP contribution in [-0.4, -0.2) is 21.8 Å². The fourth-order valence-electron chi connectivity index (χ4n) is 4.37. The summed E-state index contributed by atoms with van der Waals surface area (Å²) >= 11 is 1.16. The molecule has 31 heavy (non-hydrogen) atoms. The number of nitrogens with one attached hydrogen (secondary N) is 1. The molecule has 1 fully saturated rings. The van der Waals surface area contributed by atoms with Gasteiger partial charge in [-0.05, 0) is 35.0 Å². The zero-order valence-electron chi connectivity index (χ0n) is 16.6. The van der Waals surface area contributed by atoms with Gasteiger partial charge < -0.3 is 4.74 Å². The van der Waals surface area contributed by atoms with E-state index in [4.69, 9.17) is 9.84 Å². The number of hydrazone groups is 1. The van der Waals surface area contributed by atoms with E-state index in [1.165, 1.54) is 0 Å². The molecule has 3 heterocycles. The van der Waals surface area contributed by atoms with Crippen LogP contribution in [0.2, 0.25) is 0 Å². The molecule has 0 unspecified atom stereocenters. The van der Waals surface area contributed by atoms with Crippen molar-refractivity contribution in [3.63, 3.8) is 0 Å². The number of carbonyl (C=O) groups is 1. The SMILES string of the molecule is O=C1N[C@@]2(Oc3ccccc3[C@H]3CC(c4ccccc4)=NN32)/C(=C/c2ccccc2)S1. The maximum atomic E-state index is 12.6. The van der Waals surface area contributed by atoms with Crippen LogP contribution in [0.5, 0.6) is 5.75 Å². The molecule has 5 nitrogen and oxygen atoms in total. The highest BCUT2D eigenvalue weighted by Gasteiger charge is 2.58. The van der Waals surface area contributed by atoms with Gasteiger partial charge in [0.05, 0.1) is 16.7 Å². The number of amides is 1. The van der Waals surface area contributed by atoms with E-state index in [-0.39, 0.29) is 11.3 Å². The number of benzene rings is 3. The van der Waals surface area contributed by atoms with Crippen LogP contribution < -0.4 is 10.1 Å². The summed E-state index contributed by atoms with van der Waals surface area (Å²) in [6.45, 7) is 0. The standard InChI is InChI=1S/C25H19N3O2S/c29-24-26-25(23(31-24)15-17-9-3-1-4-10-17)28-21(19-13-7-8-14-22(19)30-25)16-20(27-28)18-11-5-2-6-12-18/h1-15,21H,16H2,(H,26,29)/b23-15-/t21-,25+/m1/s1. The van der Waals surface area contributed by atoms with E-state index in [0.717, 1.165) is 51.2 Å². The molecule has 1 N–H and O–H groups in total. The van der Waals surface area contributed by atoms with Crippen molar-refractivity contribution in [2.24, 2.45) is 5.10 Å². The van der Waals surface area contributed by atoms with E-state index < -0.39 is 5.85 Å². The van der Waals surface area contributed by atoms with Crippen LogP contribution in [0.3, 0.4) is 0 Å².